The maximum absolute atomic E-state index is 13.1. The molecule has 6 rings (SSSR count). The van der Waals surface area contributed by atoms with Gasteiger partial charge in [-0.3, -0.25) is 4.79 Å². The third-order valence-corrected chi connectivity index (χ3v) is 15.2. The van der Waals surface area contributed by atoms with Crippen molar-refractivity contribution in [2.45, 2.75) is 147 Å². The fraction of sp³-hybridized carbons (Fsp3) is 0.950. The van der Waals surface area contributed by atoms with Gasteiger partial charge in [0, 0.05) is 67.2 Å². The van der Waals surface area contributed by atoms with E-state index in [0.717, 1.165) is 25.7 Å². The molecule has 6 fully saturated rings. The molecule has 0 spiro atoms. The summed E-state index contributed by atoms with van der Waals surface area (Å²) in [7, 11) is 1.33. The standard InChI is InChI=1S/C40H71N5O6/c1-8-25-21(3)29-17-31-23(5)27(10-11-36(47)41-12-13-50-14-15-51-20-37(48)49-7)39(44-31)28-16-35(46)38-24(6)32(45-40(28)38)19-34-26(9-2)22(4)30(43-34)18-33(25)42-29/h21-35,38-40,42-46H,8-20H2,1-7H3,(H,41,47). The zero-order chi connectivity index (χ0) is 36.4. The van der Waals surface area contributed by atoms with Gasteiger partial charge in [-0.25, -0.2) is 4.79 Å². The van der Waals surface area contributed by atoms with Crippen molar-refractivity contribution in [3.8, 4) is 0 Å². The molecular weight excluding hydrogens is 646 g/mol. The van der Waals surface area contributed by atoms with Gasteiger partial charge >= 0.3 is 5.97 Å². The minimum Gasteiger partial charge on any atom is -0.467 e. The SMILES string of the molecule is CCC1C2CC3NC(CC4NC5C(CC(O)C5C4C)C4NC(CC(N2)C1C)C(C)C4CCC(=O)NCCOCCOCC(=O)OC)C(CC)C3C. The van der Waals surface area contributed by atoms with Crippen LogP contribution < -0.4 is 26.6 Å². The van der Waals surface area contributed by atoms with E-state index in [9.17, 15) is 14.7 Å². The maximum Gasteiger partial charge on any atom is 0.331 e. The van der Waals surface area contributed by atoms with E-state index in [0.29, 0.717) is 122 Å². The molecule has 5 aliphatic heterocycles. The molecule has 0 radical (unpaired) electrons. The minimum atomic E-state index is -0.410. The summed E-state index contributed by atoms with van der Waals surface area (Å²) in [6.45, 7) is 16.0. The quantitative estimate of drug-likeness (QED) is 0.125. The molecule has 5 heterocycles. The smallest absolute Gasteiger partial charge is 0.331 e. The summed E-state index contributed by atoms with van der Waals surface area (Å²) in [5.74, 6) is 4.17. The molecule has 18 atom stereocenters. The van der Waals surface area contributed by atoms with Crippen molar-refractivity contribution in [2.75, 3.05) is 40.1 Å². The van der Waals surface area contributed by atoms with Crippen LogP contribution in [0.2, 0.25) is 0 Å². The van der Waals surface area contributed by atoms with Crippen molar-refractivity contribution in [1.29, 1.82) is 0 Å². The number of esters is 1. The van der Waals surface area contributed by atoms with Crippen molar-refractivity contribution in [2.24, 2.45) is 53.3 Å². The number of hydrogen-bond acceptors (Lipinski definition) is 10. The Hall–Kier alpha value is -1.34. The van der Waals surface area contributed by atoms with E-state index in [1.165, 1.54) is 26.4 Å². The van der Waals surface area contributed by atoms with Crippen molar-refractivity contribution in [1.82, 2.24) is 26.6 Å². The van der Waals surface area contributed by atoms with Crippen LogP contribution in [0.25, 0.3) is 0 Å². The number of rotatable bonds is 13. The number of fused-ring (bicyclic) bond motifs is 8. The zero-order valence-electron chi connectivity index (χ0n) is 32.6. The van der Waals surface area contributed by atoms with Gasteiger partial charge in [-0.05, 0) is 79.4 Å². The molecule has 5 saturated heterocycles. The van der Waals surface area contributed by atoms with Crippen LogP contribution in [-0.4, -0.2) is 112 Å². The second-order valence-corrected chi connectivity index (χ2v) is 17.5. The highest BCUT2D eigenvalue weighted by atomic mass is 16.6. The molecule has 18 unspecified atom stereocenters. The number of carbonyl (C=O) groups is 2. The predicted molar refractivity (Wildman–Crippen MR) is 198 cm³/mol. The van der Waals surface area contributed by atoms with Crippen LogP contribution in [0.3, 0.4) is 0 Å². The van der Waals surface area contributed by atoms with Gasteiger partial charge in [-0.1, -0.05) is 54.4 Å². The summed E-state index contributed by atoms with van der Waals surface area (Å²) in [6, 6.07) is 3.43. The van der Waals surface area contributed by atoms with Gasteiger partial charge in [-0.15, -0.1) is 0 Å². The van der Waals surface area contributed by atoms with Crippen LogP contribution in [0, 0.1) is 53.3 Å². The van der Waals surface area contributed by atoms with E-state index < -0.39 is 5.97 Å². The number of hydrogen-bond donors (Lipinski definition) is 6. The van der Waals surface area contributed by atoms with Gasteiger partial charge < -0.3 is 45.9 Å². The van der Waals surface area contributed by atoms with Crippen LogP contribution in [0.4, 0.5) is 0 Å². The molecule has 0 aromatic carbocycles. The summed E-state index contributed by atoms with van der Waals surface area (Å²) in [5, 5.41) is 31.5. The largest absolute Gasteiger partial charge is 0.467 e. The van der Waals surface area contributed by atoms with Gasteiger partial charge in [0.25, 0.3) is 0 Å². The van der Waals surface area contributed by atoms with Crippen molar-refractivity contribution >= 4 is 11.9 Å². The second-order valence-electron chi connectivity index (χ2n) is 17.5. The van der Waals surface area contributed by atoms with Gasteiger partial charge in [0.05, 0.1) is 33.0 Å². The lowest BCUT2D eigenvalue weighted by atomic mass is 9.76. The maximum atomic E-state index is 13.1. The lowest BCUT2D eigenvalue weighted by molar-refractivity contribution is -0.146. The zero-order valence-corrected chi connectivity index (χ0v) is 32.6. The number of carbonyl (C=O) groups excluding carboxylic acids is 2. The Kier molecular flexibility index (Phi) is 13.4. The molecule has 51 heavy (non-hydrogen) atoms. The Morgan fingerprint density at radius 3 is 1.86 bits per heavy atom. The summed E-state index contributed by atoms with van der Waals surface area (Å²) in [4.78, 5) is 24.3. The predicted octanol–water partition coefficient (Wildman–Crippen LogP) is 2.84. The van der Waals surface area contributed by atoms with Crippen LogP contribution in [0.15, 0.2) is 0 Å². The van der Waals surface area contributed by atoms with E-state index in [1.54, 1.807) is 0 Å². The lowest BCUT2D eigenvalue weighted by Crippen LogP contribution is -2.48. The van der Waals surface area contributed by atoms with Crippen LogP contribution in [0.5, 0.6) is 0 Å². The monoisotopic (exact) mass is 718 g/mol. The number of aliphatic hydroxyl groups excluding tert-OH is 1. The average molecular weight is 718 g/mol. The number of ether oxygens (including phenoxy) is 3. The lowest BCUT2D eigenvalue weighted by Gasteiger charge is -2.32. The van der Waals surface area contributed by atoms with Gasteiger partial charge in [0.2, 0.25) is 5.91 Å². The molecule has 292 valence electrons. The molecule has 1 amide bonds. The Morgan fingerprint density at radius 1 is 0.686 bits per heavy atom. The van der Waals surface area contributed by atoms with Crippen LogP contribution >= 0.6 is 0 Å². The highest BCUT2D eigenvalue weighted by Crippen LogP contribution is 2.50. The molecule has 8 bridgehead atoms. The number of methoxy groups -OCH3 is 1. The number of amides is 1. The molecule has 1 saturated carbocycles. The first-order valence-electron chi connectivity index (χ1n) is 20.8. The normalized spacial score (nSPS) is 46.0. The molecule has 11 nitrogen and oxygen atoms in total. The highest BCUT2D eigenvalue weighted by molar-refractivity contribution is 5.75. The molecule has 0 aromatic heterocycles. The first kappa shape index (κ1) is 39.4. The molecule has 6 aliphatic rings. The minimum absolute atomic E-state index is 0.0623. The topological polar surface area (TPSA) is 142 Å². The summed E-state index contributed by atoms with van der Waals surface area (Å²) in [5.41, 5.74) is 0. The second kappa shape index (κ2) is 17.4. The molecular formula is C40H71N5O6. The van der Waals surface area contributed by atoms with Crippen molar-refractivity contribution in [3.05, 3.63) is 0 Å². The van der Waals surface area contributed by atoms with Gasteiger partial charge in [0.15, 0.2) is 0 Å². The van der Waals surface area contributed by atoms with E-state index in [-0.39, 0.29) is 30.6 Å². The summed E-state index contributed by atoms with van der Waals surface area (Å²) in [6.07, 6.45) is 7.74. The molecule has 6 N–H and O–H groups in total. The third-order valence-electron chi connectivity index (χ3n) is 15.2. The van der Waals surface area contributed by atoms with Gasteiger partial charge in [0.1, 0.15) is 6.61 Å². The fourth-order valence-corrected chi connectivity index (χ4v) is 12.4. The Morgan fingerprint density at radius 2 is 1.24 bits per heavy atom. The average Bonchev–Trinajstić information content (AvgIpc) is 3.86. The molecule has 11 heteroatoms. The van der Waals surface area contributed by atoms with Crippen LogP contribution in [-0.2, 0) is 23.8 Å². The van der Waals surface area contributed by atoms with Gasteiger partial charge in [-0.2, -0.15) is 0 Å². The van der Waals surface area contributed by atoms with E-state index >= 15 is 0 Å². The van der Waals surface area contributed by atoms with Crippen molar-refractivity contribution < 1.29 is 28.9 Å². The Bertz CT molecular complexity index is 1160. The molecule has 1 aliphatic carbocycles. The summed E-state index contributed by atoms with van der Waals surface area (Å²) >= 11 is 0. The third kappa shape index (κ3) is 8.35. The highest BCUT2D eigenvalue weighted by Gasteiger charge is 2.58. The van der Waals surface area contributed by atoms with E-state index in [2.05, 4.69) is 72.9 Å². The Labute approximate surface area is 307 Å². The molecule has 0 aromatic rings. The first-order valence-corrected chi connectivity index (χ1v) is 20.8. The number of nitrogens with one attached hydrogen (secondary N) is 5. The van der Waals surface area contributed by atoms with E-state index in [4.69, 9.17) is 9.47 Å². The summed E-state index contributed by atoms with van der Waals surface area (Å²) < 4.78 is 15.4. The Balaban J connectivity index is 1.14. The van der Waals surface area contributed by atoms with Crippen molar-refractivity contribution in [3.63, 3.8) is 0 Å². The number of aliphatic hydroxyl groups is 1. The first-order chi connectivity index (χ1) is 24.6. The van der Waals surface area contributed by atoms with Crippen LogP contribution in [0.1, 0.15) is 92.9 Å². The van der Waals surface area contributed by atoms with E-state index in [1.807, 2.05) is 0 Å². The fourth-order valence-electron chi connectivity index (χ4n) is 12.4.